The average molecular weight is 286 g/mol. The molecule has 2 aromatic heterocycles. The minimum absolute atomic E-state index is 0.0000231. The van der Waals surface area contributed by atoms with E-state index in [1.54, 1.807) is 6.20 Å². The number of hydrogen-bond acceptors (Lipinski definition) is 6. The van der Waals surface area contributed by atoms with Gasteiger partial charge in [0, 0.05) is 37.5 Å². The van der Waals surface area contributed by atoms with Gasteiger partial charge >= 0.3 is 6.01 Å². The Balaban J connectivity index is 1.55. The van der Waals surface area contributed by atoms with Crippen LogP contribution in [0, 0.1) is 0 Å². The highest BCUT2D eigenvalue weighted by molar-refractivity contribution is 5.30. The minimum Gasteiger partial charge on any atom is -0.408 e. The summed E-state index contributed by atoms with van der Waals surface area (Å²) in [6.45, 7) is 0.734. The molecule has 0 amide bonds. The molecule has 21 heavy (non-hydrogen) atoms. The van der Waals surface area contributed by atoms with Gasteiger partial charge in [-0.2, -0.15) is 0 Å². The van der Waals surface area contributed by atoms with Gasteiger partial charge in [0.1, 0.15) is 6.10 Å². The summed E-state index contributed by atoms with van der Waals surface area (Å²) in [5, 5.41) is 8.35. The van der Waals surface area contributed by atoms with E-state index in [1.165, 1.54) is 0 Å². The molecule has 0 unspecified atom stereocenters. The van der Waals surface area contributed by atoms with Crippen LogP contribution in [0.3, 0.4) is 0 Å². The van der Waals surface area contributed by atoms with Crippen molar-refractivity contribution in [1.82, 2.24) is 15.2 Å². The summed E-state index contributed by atoms with van der Waals surface area (Å²) in [6.07, 6.45) is 6.90. The minimum atomic E-state index is -0.0000231. The molecule has 0 bridgehead atoms. The van der Waals surface area contributed by atoms with E-state index in [9.17, 15) is 0 Å². The first-order chi connectivity index (χ1) is 10.3. The standard InChI is InChI=1S/C15H18N4O2/c1-19(15-18-17-14(21-15)10-4-5-10)12-6-8-20-13(12)11-3-2-7-16-9-11/h2-3,7,9-10,12-13H,4-6,8H2,1H3/t12-,13+/m0/s1. The Kier molecular flexibility index (Phi) is 3.11. The van der Waals surface area contributed by atoms with E-state index in [0.29, 0.717) is 11.9 Å². The molecule has 1 saturated heterocycles. The lowest BCUT2D eigenvalue weighted by atomic mass is 10.0. The van der Waals surface area contributed by atoms with Crippen LogP contribution in [-0.2, 0) is 4.74 Å². The maximum absolute atomic E-state index is 5.89. The van der Waals surface area contributed by atoms with Gasteiger partial charge in [-0.3, -0.25) is 4.98 Å². The predicted octanol–water partition coefficient (Wildman–Crippen LogP) is 2.31. The first-order valence-electron chi connectivity index (χ1n) is 7.40. The van der Waals surface area contributed by atoms with Crippen molar-refractivity contribution in [3.63, 3.8) is 0 Å². The first kappa shape index (κ1) is 12.8. The average Bonchev–Trinajstić information content (AvgIpc) is 3.07. The molecule has 2 aliphatic rings. The van der Waals surface area contributed by atoms with Crippen molar-refractivity contribution in [1.29, 1.82) is 0 Å². The summed E-state index contributed by atoms with van der Waals surface area (Å²) in [7, 11) is 1.99. The van der Waals surface area contributed by atoms with Gasteiger partial charge in [-0.1, -0.05) is 11.2 Å². The Hall–Kier alpha value is -1.95. The summed E-state index contributed by atoms with van der Waals surface area (Å²) >= 11 is 0. The second-order valence-corrected chi connectivity index (χ2v) is 5.74. The molecule has 2 fully saturated rings. The molecule has 1 saturated carbocycles. The van der Waals surface area contributed by atoms with Crippen LogP contribution in [0.2, 0.25) is 0 Å². The molecule has 1 aliphatic carbocycles. The zero-order valence-electron chi connectivity index (χ0n) is 12.0. The fourth-order valence-corrected chi connectivity index (χ4v) is 2.84. The third-order valence-electron chi connectivity index (χ3n) is 4.23. The molecule has 110 valence electrons. The molecule has 2 atom stereocenters. The molecule has 0 aromatic carbocycles. The maximum atomic E-state index is 5.89. The predicted molar refractivity (Wildman–Crippen MR) is 76.0 cm³/mol. The topological polar surface area (TPSA) is 64.3 Å². The number of nitrogens with zero attached hydrogens (tertiary/aromatic N) is 4. The van der Waals surface area contributed by atoms with Gasteiger partial charge in [0.2, 0.25) is 5.89 Å². The van der Waals surface area contributed by atoms with Gasteiger partial charge in [-0.05, 0) is 25.3 Å². The highest BCUT2D eigenvalue weighted by atomic mass is 16.5. The van der Waals surface area contributed by atoms with E-state index in [0.717, 1.165) is 37.3 Å². The van der Waals surface area contributed by atoms with Crippen molar-refractivity contribution in [2.45, 2.75) is 37.3 Å². The summed E-state index contributed by atoms with van der Waals surface area (Å²) in [4.78, 5) is 6.23. The van der Waals surface area contributed by atoms with Crippen molar-refractivity contribution in [2.24, 2.45) is 0 Å². The number of anilines is 1. The van der Waals surface area contributed by atoms with Gasteiger partial charge in [0.25, 0.3) is 0 Å². The molecule has 6 heteroatoms. The summed E-state index contributed by atoms with van der Waals surface area (Å²) < 4.78 is 11.7. The van der Waals surface area contributed by atoms with Crippen LogP contribution in [0.25, 0.3) is 0 Å². The van der Waals surface area contributed by atoms with Crippen molar-refractivity contribution in [3.8, 4) is 0 Å². The molecule has 4 rings (SSSR count). The zero-order chi connectivity index (χ0) is 14.2. The third-order valence-corrected chi connectivity index (χ3v) is 4.23. The van der Waals surface area contributed by atoms with Crippen LogP contribution in [-0.4, -0.2) is 34.9 Å². The van der Waals surface area contributed by atoms with E-state index in [2.05, 4.69) is 15.2 Å². The van der Waals surface area contributed by atoms with Crippen molar-refractivity contribution in [3.05, 3.63) is 36.0 Å². The number of ether oxygens (including phenoxy) is 1. The van der Waals surface area contributed by atoms with Crippen LogP contribution in [0.1, 0.15) is 42.7 Å². The molecule has 1 aliphatic heterocycles. The first-order valence-corrected chi connectivity index (χ1v) is 7.40. The van der Waals surface area contributed by atoms with Gasteiger partial charge in [0.15, 0.2) is 0 Å². The molecule has 6 nitrogen and oxygen atoms in total. The van der Waals surface area contributed by atoms with Gasteiger partial charge in [0.05, 0.1) is 6.04 Å². The second kappa shape index (κ2) is 5.11. The van der Waals surface area contributed by atoms with Crippen molar-refractivity contribution >= 4 is 6.01 Å². The van der Waals surface area contributed by atoms with E-state index >= 15 is 0 Å². The molecule has 2 aromatic rings. The quantitative estimate of drug-likeness (QED) is 0.859. The van der Waals surface area contributed by atoms with Crippen LogP contribution >= 0.6 is 0 Å². The Labute approximate surface area is 123 Å². The molecular formula is C15H18N4O2. The lowest BCUT2D eigenvalue weighted by Gasteiger charge is -2.26. The second-order valence-electron chi connectivity index (χ2n) is 5.74. The number of likely N-dealkylation sites (N-methyl/N-ethyl adjacent to an activating group) is 1. The lowest BCUT2D eigenvalue weighted by molar-refractivity contribution is 0.103. The van der Waals surface area contributed by atoms with Crippen LogP contribution in [0.15, 0.2) is 28.9 Å². The third kappa shape index (κ3) is 2.40. The fourth-order valence-electron chi connectivity index (χ4n) is 2.84. The monoisotopic (exact) mass is 286 g/mol. The van der Waals surface area contributed by atoms with E-state index < -0.39 is 0 Å². The lowest BCUT2D eigenvalue weighted by Crippen LogP contribution is -2.34. The zero-order valence-corrected chi connectivity index (χ0v) is 12.0. The molecular weight excluding hydrogens is 268 g/mol. The Morgan fingerprint density at radius 3 is 2.90 bits per heavy atom. The molecule has 0 N–H and O–H groups in total. The van der Waals surface area contributed by atoms with Gasteiger partial charge in [-0.15, -0.1) is 5.10 Å². The Bertz CT molecular complexity index is 611. The Morgan fingerprint density at radius 1 is 1.24 bits per heavy atom. The number of pyridine rings is 1. The number of hydrogen-bond donors (Lipinski definition) is 0. The summed E-state index contributed by atoms with van der Waals surface area (Å²) in [5.41, 5.74) is 1.09. The number of aromatic nitrogens is 3. The van der Waals surface area contributed by atoms with Crippen molar-refractivity contribution in [2.75, 3.05) is 18.6 Å². The Morgan fingerprint density at radius 2 is 2.14 bits per heavy atom. The van der Waals surface area contributed by atoms with Gasteiger partial charge < -0.3 is 14.1 Å². The molecule has 0 spiro atoms. The smallest absolute Gasteiger partial charge is 0.318 e. The highest BCUT2D eigenvalue weighted by Crippen LogP contribution is 2.40. The van der Waals surface area contributed by atoms with E-state index in [1.807, 2.05) is 30.3 Å². The SMILES string of the molecule is CN(c1nnc(C2CC2)o1)[C@H]1CCO[C@@H]1c1cccnc1. The highest BCUT2D eigenvalue weighted by Gasteiger charge is 2.36. The largest absolute Gasteiger partial charge is 0.408 e. The summed E-state index contributed by atoms with van der Waals surface area (Å²) in [6, 6.07) is 4.77. The van der Waals surface area contributed by atoms with Crippen LogP contribution in [0.4, 0.5) is 6.01 Å². The summed E-state index contributed by atoms with van der Waals surface area (Å²) in [5.74, 6) is 1.25. The van der Waals surface area contributed by atoms with Crippen LogP contribution < -0.4 is 4.90 Å². The normalized spacial score (nSPS) is 25.2. The van der Waals surface area contributed by atoms with Gasteiger partial charge in [-0.25, -0.2) is 0 Å². The van der Waals surface area contributed by atoms with Crippen molar-refractivity contribution < 1.29 is 9.15 Å². The fraction of sp³-hybridized carbons (Fsp3) is 0.533. The molecule has 3 heterocycles. The van der Waals surface area contributed by atoms with E-state index in [-0.39, 0.29) is 12.1 Å². The maximum Gasteiger partial charge on any atom is 0.318 e. The van der Waals surface area contributed by atoms with E-state index in [4.69, 9.17) is 9.15 Å². The number of rotatable bonds is 4. The molecule has 0 radical (unpaired) electrons. The van der Waals surface area contributed by atoms with Crippen LogP contribution in [0.5, 0.6) is 0 Å².